The molecule has 0 unspecified atom stereocenters. The minimum absolute atomic E-state index is 0.0000635. The van der Waals surface area contributed by atoms with Crippen LogP contribution < -0.4 is 5.56 Å². The van der Waals surface area contributed by atoms with Crippen molar-refractivity contribution in [3.8, 4) is 0 Å². The molecule has 1 aromatic carbocycles. The molecule has 0 bridgehead atoms. The quantitative estimate of drug-likeness (QED) is 0.663. The van der Waals surface area contributed by atoms with Crippen molar-refractivity contribution in [1.82, 2.24) is 9.38 Å². The fourth-order valence-electron chi connectivity index (χ4n) is 3.31. The summed E-state index contributed by atoms with van der Waals surface area (Å²) < 4.78 is 7.09. The first-order valence-electron chi connectivity index (χ1n) is 8.80. The smallest absolute Gasteiger partial charge is 0.338 e. The molecule has 3 aromatic rings. The standard InChI is InChI=1S/C20H20N2O3S/c1-12-7-8-14(9-13(12)2)19(24)25-11-15-10-18(23)22-16-5-3-4-6-17(16)26-20(22)21-15/h7-10H,3-6,11H2,1-2H3. The number of aryl methyl sites for hydroxylation is 4. The topological polar surface area (TPSA) is 60.7 Å². The normalized spacial score (nSPS) is 13.6. The first-order valence-corrected chi connectivity index (χ1v) is 9.62. The SMILES string of the molecule is Cc1ccc(C(=O)OCc2cc(=O)n3c4c(sc3n2)CCCC4)cc1C. The van der Waals surface area contributed by atoms with Gasteiger partial charge in [-0.25, -0.2) is 9.78 Å². The van der Waals surface area contributed by atoms with Crippen LogP contribution in [-0.2, 0) is 24.2 Å². The Labute approximate surface area is 155 Å². The second kappa shape index (κ2) is 6.68. The lowest BCUT2D eigenvalue weighted by molar-refractivity contribution is 0.0467. The van der Waals surface area contributed by atoms with Gasteiger partial charge < -0.3 is 4.74 Å². The molecule has 26 heavy (non-hydrogen) atoms. The molecular weight excluding hydrogens is 348 g/mol. The molecule has 0 atom stereocenters. The highest BCUT2D eigenvalue weighted by Gasteiger charge is 2.19. The van der Waals surface area contributed by atoms with Crippen molar-refractivity contribution in [3.05, 3.63) is 67.6 Å². The largest absolute Gasteiger partial charge is 0.456 e. The zero-order valence-corrected chi connectivity index (χ0v) is 15.7. The molecule has 0 amide bonds. The summed E-state index contributed by atoms with van der Waals surface area (Å²) >= 11 is 1.57. The van der Waals surface area contributed by atoms with Gasteiger partial charge in [0.2, 0.25) is 0 Å². The molecule has 0 fully saturated rings. The number of benzene rings is 1. The second-order valence-electron chi connectivity index (χ2n) is 6.76. The number of fused-ring (bicyclic) bond motifs is 3. The van der Waals surface area contributed by atoms with Gasteiger partial charge in [-0.15, -0.1) is 11.3 Å². The molecule has 0 saturated carbocycles. The molecule has 0 spiro atoms. The number of esters is 1. The van der Waals surface area contributed by atoms with Crippen molar-refractivity contribution >= 4 is 22.3 Å². The Bertz CT molecular complexity index is 1060. The highest BCUT2D eigenvalue weighted by Crippen LogP contribution is 2.28. The predicted octanol–water partition coefficient (Wildman–Crippen LogP) is 3.61. The van der Waals surface area contributed by atoms with Crippen LogP contribution in [0.25, 0.3) is 4.96 Å². The van der Waals surface area contributed by atoms with E-state index in [1.165, 1.54) is 10.9 Å². The van der Waals surface area contributed by atoms with Crippen molar-refractivity contribution in [2.75, 3.05) is 0 Å². The Morgan fingerprint density at radius 2 is 2.00 bits per heavy atom. The van der Waals surface area contributed by atoms with Gasteiger partial charge in [0, 0.05) is 16.6 Å². The van der Waals surface area contributed by atoms with Gasteiger partial charge in [-0.3, -0.25) is 9.20 Å². The fourth-order valence-corrected chi connectivity index (χ4v) is 4.54. The Kier molecular flexibility index (Phi) is 4.36. The van der Waals surface area contributed by atoms with E-state index in [1.807, 2.05) is 26.0 Å². The van der Waals surface area contributed by atoms with Crippen LogP contribution in [0.1, 0.15) is 50.6 Å². The fraction of sp³-hybridized carbons (Fsp3) is 0.350. The van der Waals surface area contributed by atoms with E-state index in [0.29, 0.717) is 16.2 Å². The van der Waals surface area contributed by atoms with Crippen LogP contribution in [0.3, 0.4) is 0 Å². The van der Waals surface area contributed by atoms with E-state index in [2.05, 4.69) is 4.98 Å². The van der Waals surface area contributed by atoms with Gasteiger partial charge >= 0.3 is 5.97 Å². The van der Waals surface area contributed by atoms with Gasteiger partial charge in [-0.2, -0.15) is 0 Å². The maximum atomic E-state index is 12.5. The summed E-state index contributed by atoms with van der Waals surface area (Å²) in [4.78, 5) is 31.3. The minimum Gasteiger partial charge on any atom is -0.456 e. The van der Waals surface area contributed by atoms with Crippen molar-refractivity contribution in [3.63, 3.8) is 0 Å². The maximum Gasteiger partial charge on any atom is 0.338 e. The summed E-state index contributed by atoms with van der Waals surface area (Å²) in [5.41, 5.74) is 4.19. The molecule has 0 saturated heterocycles. The van der Waals surface area contributed by atoms with Crippen LogP contribution in [0.2, 0.25) is 0 Å². The lowest BCUT2D eigenvalue weighted by Gasteiger charge is -2.10. The van der Waals surface area contributed by atoms with Gasteiger partial charge in [0.15, 0.2) is 4.96 Å². The van der Waals surface area contributed by atoms with Gasteiger partial charge in [-0.1, -0.05) is 6.07 Å². The van der Waals surface area contributed by atoms with Gasteiger partial charge in [-0.05, 0) is 62.8 Å². The van der Waals surface area contributed by atoms with Crippen molar-refractivity contribution in [2.24, 2.45) is 0 Å². The Hall–Kier alpha value is -2.47. The number of rotatable bonds is 3. The van der Waals surface area contributed by atoms with Crippen molar-refractivity contribution in [1.29, 1.82) is 0 Å². The summed E-state index contributed by atoms with van der Waals surface area (Å²) in [5.74, 6) is -0.402. The van der Waals surface area contributed by atoms with E-state index in [9.17, 15) is 9.59 Å². The highest BCUT2D eigenvalue weighted by molar-refractivity contribution is 7.17. The monoisotopic (exact) mass is 368 g/mol. The van der Waals surface area contributed by atoms with E-state index in [4.69, 9.17) is 4.74 Å². The van der Waals surface area contributed by atoms with Crippen LogP contribution in [0.4, 0.5) is 0 Å². The third kappa shape index (κ3) is 3.05. The highest BCUT2D eigenvalue weighted by atomic mass is 32.1. The Morgan fingerprint density at radius 3 is 2.81 bits per heavy atom. The second-order valence-corrected chi connectivity index (χ2v) is 7.82. The Balaban J connectivity index is 1.56. The number of hydrogen-bond donors (Lipinski definition) is 0. The lowest BCUT2D eigenvalue weighted by atomic mass is 10.0. The number of ether oxygens (including phenoxy) is 1. The summed E-state index contributed by atoms with van der Waals surface area (Å²) in [7, 11) is 0. The molecule has 2 aromatic heterocycles. The van der Waals surface area contributed by atoms with E-state index in [0.717, 1.165) is 42.5 Å². The average molecular weight is 368 g/mol. The molecule has 134 valence electrons. The van der Waals surface area contributed by atoms with Gasteiger partial charge in [0.1, 0.15) is 6.61 Å². The first kappa shape index (κ1) is 17.0. The molecule has 0 aliphatic heterocycles. The minimum atomic E-state index is -0.402. The zero-order chi connectivity index (χ0) is 18.3. The third-order valence-electron chi connectivity index (χ3n) is 4.91. The number of carbonyl (C=O) groups excluding carboxylic acids is 1. The van der Waals surface area contributed by atoms with Crippen LogP contribution in [0.5, 0.6) is 0 Å². The van der Waals surface area contributed by atoms with Gasteiger partial charge in [0.05, 0.1) is 11.3 Å². The molecule has 5 nitrogen and oxygen atoms in total. The molecule has 2 heterocycles. The lowest BCUT2D eigenvalue weighted by Crippen LogP contribution is -2.18. The van der Waals surface area contributed by atoms with Crippen LogP contribution in [-0.4, -0.2) is 15.4 Å². The predicted molar refractivity (Wildman–Crippen MR) is 101 cm³/mol. The zero-order valence-electron chi connectivity index (χ0n) is 14.9. The number of nitrogens with zero attached hydrogens (tertiary/aromatic N) is 2. The van der Waals surface area contributed by atoms with E-state index < -0.39 is 5.97 Å². The number of thiazole rings is 1. The molecule has 1 aliphatic rings. The molecule has 0 radical (unpaired) electrons. The van der Waals surface area contributed by atoms with Crippen LogP contribution in [0, 0.1) is 13.8 Å². The van der Waals surface area contributed by atoms with Crippen LogP contribution in [0.15, 0.2) is 29.1 Å². The Morgan fingerprint density at radius 1 is 1.19 bits per heavy atom. The molecule has 6 heteroatoms. The van der Waals surface area contributed by atoms with Crippen molar-refractivity contribution < 1.29 is 9.53 Å². The summed E-state index contributed by atoms with van der Waals surface area (Å²) in [5, 5.41) is 0. The molecule has 4 rings (SSSR count). The summed E-state index contributed by atoms with van der Waals surface area (Å²) in [6.45, 7) is 3.96. The first-order chi connectivity index (χ1) is 12.5. The number of hydrogen-bond acceptors (Lipinski definition) is 5. The van der Waals surface area contributed by atoms with E-state index in [1.54, 1.807) is 21.8 Å². The maximum absolute atomic E-state index is 12.5. The van der Waals surface area contributed by atoms with E-state index >= 15 is 0 Å². The third-order valence-corrected chi connectivity index (χ3v) is 6.05. The summed E-state index contributed by atoms with van der Waals surface area (Å²) in [6, 6.07) is 6.95. The molecule has 0 N–H and O–H groups in total. The van der Waals surface area contributed by atoms with E-state index in [-0.39, 0.29) is 12.2 Å². The number of aromatic nitrogens is 2. The number of carbonyl (C=O) groups is 1. The molecular formula is C20H20N2O3S. The average Bonchev–Trinajstić information content (AvgIpc) is 3.00. The van der Waals surface area contributed by atoms with Gasteiger partial charge in [0.25, 0.3) is 5.56 Å². The van der Waals surface area contributed by atoms with Crippen LogP contribution >= 0.6 is 11.3 Å². The van der Waals surface area contributed by atoms with Crippen molar-refractivity contribution in [2.45, 2.75) is 46.1 Å². The molecule has 1 aliphatic carbocycles. The summed E-state index contributed by atoms with van der Waals surface area (Å²) in [6.07, 6.45) is 4.22.